The Morgan fingerprint density at radius 1 is 1.20 bits per heavy atom. The molecule has 0 radical (unpaired) electrons. The fourth-order valence-corrected chi connectivity index (χ4v) is 2.61. The smallest absolute Gasteiger partial charge is 0.207 e. The molecule has 0 aliphatic rings. The third-order valence-electron chi connectivity index (χ3n) is 2.84. The topological polar surface area (TPSA) is 101 Å². The van der Waals surface area contributed by atoms with Crippen LogP contribution in [0.3, 0.4) is 0 Å². The molecule has 0 aliphatic heterocycles. The highest BCUT2D eigenvalue weighted by atomic mass is 32.2. The molecule has 0 saturated carbocycles. The number of rotatable bonds is 4. The lowest BCUT2D eigenvalue weighted by atomic mass is 9.87. The zero-order valence-corrected chi connectivity index (χ0v) is 12.4. The molecular formula is C12H17N5O2S. The fourth-order valence-electron chi connectivity index (χ4n) is 1.63. The first-order valence-corrected chi connectivity index (χ1v) is 7.60. The van der Waals surface area contributed by atoms with Crippen molar-refractivity contribution in [1.82, 2.24) is 25.3 Å². The van der Waals surface area contributed by atoms with Crippen LogP contribution in [0.5, 0.6) is 0 Å². The Morgan fingerprint density at radius 3 is 2.35 bits per heavy atom. The van der Waals surface area contributed by atoms with E-state index in [1.165, 1.54) is 0 Å². The number of aromatic amines is 1. The third-order valence-corrected chi connectivity index (χ3v) is 4.26. The molecule has 0 aliphatic carbocycles. The van der Waals surface area contributed by atoms with Crippen LogP contribution in [-0.2, 0) is 22.0 Å². The summed E-state index contributed by atoms with van der Waals surface area (Å²) < 4.78 is 26.6. The number of nitrogens with one attached hydrogen (secondary N) is 2. The molecule has 1 aromatic carbocycles. The van der Waals surface area contributed by atoms with Crippen molar-refractivity contribution >= 4 is 10.0 Å². The van der Waals surface area contributed by atoms with Crippen LogP contribution in [0.25, 0.3) is 0 Å². The molecule has 2 N–H and O–H groups in total. The molecule has 0 spiro atoms. The van der Waals surface area contributed by atoms with E-state index < -0.39 is 10.0 Å². The Kier molecular flexibility index (Phi) is 3.87. The molecule has 1 heterocycles. The summed E-state index contributed by atoms with van der Waals surface area (Å²) in [5.41, 5.74) is 1.06. The summed E-state index contributed by atoms with van der Waals surface area (Å²) in [6.07, 6.45) is 0. The number of sulfonamides is 1. The van der Waals surface area contributed by atoms with Crippen molar-refractivity contribution in [2.24, 2.45) is 0 Å². The standard InChI is InChI=1S/C12H17N5O2S/c1-12(2,3)9-4-6-10(7-5-9)20(18,19)13-8-11-14-16-17-15-11/h4-7,13H,8H2,1-3H3,(H,14,15,16,17). The van der Waals surface area contributed by atoms with Gasteiger partial charge in [-0.1, -0.05) is 38.1 Å². The van der Waals surface area contributed by atoms with Crippen molar-refractivity contribution in [3.63, 3.8) is 0 Å². The van der Waals surface area contributed by atoms with Gasteiger partial charge >= 0.3 is 0 Å². The largest absolute Gasteiger partial charge is 0.240 e. The van der Waals surface area contributed by atoms with E-state index in [4.69, 9.17) is 0 Å². The average molecular weight is 295 g/mol. The second-order valence-corrected chi connectivity index (χ2v) is 7.19. The summed E-state index contributed by atoms with van der Waals surface area (Å²) in [4.78, 5) is 0.217. The van der Waals surface area contributed by atoms with E-state index in [1.807, 2.05) is 12.1 Å². The molecule has 20 heavy (non-hydrogen) atoms. The van der Waals surface area contributed by atoms with Crippen LogP contribution in [0.4, 0.5) is 0 Å². The van der Waals surface area contributed by atoms with Gasteiger partial charge in [-0.2, -0.15) is 5.21 Å². The van der Waals surface area contributed by atoms with Crippen molar-refractivity contribution in [1.29, 1.82) is 0 Å². The van der Waals surface area contributed by atoms with E-state index in [1.54, 1.807) is 12.1 Å². The maximum Gasteiger partial charge on any atom is 0.240 e. The van der Waals surface area contributed by atoms with Gasteiger partial charge in [-0.05, 0) is 23.1 Å². The second kappa shape index (κ2) is 5.29. The number of hydrogen-bond acceptors (Lipinski definition) is 5. The minimum absolute atomic E-state index is 0.000143. The lowest BCUT2D eigenvalue weighted by Crippen LogP contribution is -2.24. The van der Waals surface area contributed by atoms with Crippen LogP contribution in [0.15, 0.2) is 29.2 Å². The van der Waals surface area contributed by atoms with Gasteiger partial charge in [0.25, 0.3) is 0 Å². The van der Waals surface area contributed by atoms with E-state index in [0.717, 1.165) is 5.56 Å². The second-order valence-electron chi connectivity index (χ2n) is 5.43. The number of benzene rings is 1. The Morgan fingerprint density at radius 2 is 1.85 bits per heavy atom. The summed E-state index contributed by atoms with van der Waals surface area (Å²) in [6.45, 7) is 6.22. The van der Waals surface area contributed by atoms with E-state index in [9.17, 15) is 8.42 Å². The minimum Gasteiger partial charge on any atom is -0.207 e. The van der Waals surface area contributed by atoms with Gasteiger partial charge in [0.05, 0.1) is 11.4 Å². The number of tetrazole rings is 1. The molecule has 108 valence electrons. The van der Waals surface area contributed by atoms with E-state index in [0.29, 0.717) is 5.82 Å². The Balaban J connectivity index is 2.13. The molecule has 0 saturated heterocycles. The van der Waals surface area contributed by atoms with Gasteiger partial charge in [-0.25, -0.2) is 13.1 Å². The fraction of sp³-hybridized carbons (Fsp3) is 0.417. The molecule has 0 amide bonds. The minimum atomic E-state index is -3.57. The van der Waals surface area contributed by atoms with Crippen LogP contribution in [0, 0.1) is 0 Å². The molecule has 0 fully saturated rings. The predicted octanol–water partition coefficient (Wildman–Crippen LogP) is 0.976. The molecule has 2 aromatic rings. The van der Waals surface area contributed by atoms with E-state index >= 15 is 0 Å². The number of H-pyrrole nitrogens is 1. The lowest BCUT2D eigenvalue weighted by molar-refractivity contribution is 0.576. The van der Waals surface area contributed by atoms with E-state index in [-0.39, 0.29) is 16.9 Å². The van der Waals surface area contributed by atoms with Gasteiger partial charge in [-0.15, -0.1) is 10.2 Å². The van der Waals surface area contributed by atoms with Crippen LogP contribution >= 0.6 is 0 Å². The highest BCUT2D eigenvalue weighted by Crippen LogP contribution is 2.23. The zero-order chi connectivity index (χ0) is 14.8. The molecule has 1 aromatic heterocycles. The summed E-state index contributed by atoms with van der Waals surface area (Å²) >= 11 is 0. The highest BCUT2D eigenvalue weighted by Gasteiger charge is 2.17. The van der Waals surface area contributed by atoms with Crippen LogP contribution in [0.1, 0.15) is 32.2 Å². The van der Waals surface area contributed by atoms with Crippen molar-refractivity contribution < 1.29 is 8.42 Å². The Bertz CT molecular complexity index is 657. The summed E-state index contributed by atoms with van der Waals surface area (Å²) in [6, 6.07) is 6.84. The number of aromatic nitrogens is 4. The van der Waals surface area contributed by atoms with Gasteiger partial charge in [0.2, 0.25) is 10.0 Å². The van der Waals surface area contributed by atoms with Gasteiger partial charge < -0.3 is 0 Å². The van der Waals surface area contributed by atoms with Crippen molar-refractivity contribution in [2.75, 3.05) is 0 Å². The zero-order valence-electron chi connectivity index (χ0n) is 11.6. The molecule has 2 rings (SSSR count). The first-order valence-electron chi connectivity index (χ1n) is 6.11. The van der Waals surface area contributed by atoms with Gasteiger partial charge in [0.1, 0.15) is 0 Å². The van der Waals surface area contributed by atoms with Gasteiger partial charge in [0.15, 0.2) is 5.82 Å². The lowest BCUT2D eigenvalue weighted by Gasteiger charge is -2.19. The Hall–Kier alpha value is -1.80. The SMILES string of the molecule is CC(C)(C)c1ccc(S(=O)(=O)NCc2nn[nH]n2)cc1. The van der Waals surface area contributed by atoms with Crippen molar-refractivity contribution in [3.05, 3.63) is 35.7 Å². The van der Waals surface area contributed by atoms with E-state index in [2.05, 4.69) is 46.1 Å². The molecule has 0 unspecified atom stereocenters. The van der Waals surface area contributed by atoms with Crippen LogP contribution < -0.4 is 4.72 Å². The van der Waals surface area contributed by atoms with Gasteiger partial charge in [-0.3, -0.25) is 0 Å². The van der Waals surface area contributed by atoms with Gasteiger partial charge in [0, 0.05) is 0 Å². The maximum atomic E-state index is 12.1. The number of nitrogens with zero attached hydrogens (tertiary/aromatic N) is 3. The normalized spacial score (nSPS) is 12.6. The molecule has 7 nitrogen and oxygen atoms in total. The third kappa shape index (κ3) is 3.40. The Labute approximate surface area is 117 Å². The first-order chi connectivity index (χ1) is 9.29. The summed E-state index contributed by atoms with van der Waals surface area (Å²) in [7, 11) is -3.57. The average Bonchev–Trinajstić information content (AvgIpc) is 2.89. The molecule has 8 heteroatoms. The maximum absolute atomic E-state index is 12.1. The van der Waals surface area contributed by atoms with Crippen LogP contribution in [-0.4, -0.2) is 29.0 Å². The molecular weight excluding hydrogens is 278 g/mol. The summed E-state index contributed by atoms with van der Waals surface area (Å²) in [5, 5.41) is 13.0. The molecule has 0 atom stereocenters. The molecule has 0 bridgehead atoms. The number of hydrogen-bond donors (Lipinski definition) is 2. The highest BCUT2D eigenvalue weighted by molar-refractivity contribution is 7.89. The monoisotopic (exact) mass is 295 g/mol. The quantitative estimate of drug-likeness (QED) is 0.875. The predicted molar refractivity (Wildman–Crippen MR) is 73.3 cm³/mol. The van der Waals surface area contributed by atoms with Crippen molar-refractivity contribution in [3.8, 4) is 0 Å². The first kappa shape index (κ1) is 14.6. The van der Waals surface area contributed by atoms with Crippen molar-refractivity contribution in [2.45, 2.75) is 37.6 Å². The van der Waals surface area contributed by atoms with Crippen LogP contribution in [0.2, 0.25) is 0 Å². The summed E-state index contributed by atoms with van der Waals surface area (Å²) in [5.74, 6) is 0.292.